The van der Waals surface area contributed by atoms with Gasteiger partial charge in [-0.15, -0.1) is 0 Å². The van der Waals surface area contributed by atoms with Crippen molar-refractivity contribution in [3.8, 4) is 11.1 Å². The number of nitrogens with one attached hydrogen (secondary N) is 1. The maximum absolute atomic E-state index is 13.8. The summed E-state index contributed by atoms with van der Waals surface area (Å²) < 4.78 is 27.1. The number of pyridine rings is 1. The zero-order valence-corrected chi connectivity index (χ0v) is 11.0. The summed E-state index contributed by atoms with van der Waals surface area (Å²) in [6.45, 7) is 5.17. The molecule has 0 unspecified atom stereocenters. The normalized spacial score (nSPS) is 10.7. The summed E-state index contributed by atoms with van der Waals surface area (Å²) in [6, 6.07) is 4.30. The van der Waals surface area contributed by atoms with Crippen molar-refractivity contribution in [3.05, 3.63) is 53.4 Å². The Morgan fingerprint density at radius 1 is 1.11 bits per heavy atom. The molecule has 1 heterocycles. The third kappa shape index (κ3) is 3.15. The summed E-state index contributed by atoms with van der Waals surface area (Å²) in [5.74, 6) is -1.09. The number of rotatable bonds is 4. The van der Waals surface area contributed by atoms with E-state index in [2.05, 4.69) is 10.3 Å². The minimum absolute atomic E-state index is 0.379. The zero-order chi connectivity index (χ0) is 13.8. The predicted octanol–water partition coefficient (Wildman–Crippen LogP) is 3.44. The van der Waals surface area contributed by atoms with Gasteiger partial charge in [0.25, 0.3) is 0 Å². The average molecular weight is 262 g/mol. The molecule has 2 aromatic rings. The van der Waals surface area contributed by atoms with Crippen LogP contribution in [0.4, 0.5) is 8.78 Å². The second-order valence-corrected chi connectivity index (χ2v) is 4.44. The smallest absolute Gasteiger partial charge is 0.134 e. The number of benzene rings is 1. The molecule has 0 bridgehead atoms. The number of hydrogen-bond donors (Lipinski definition) is 1. The van der Waals surface area contributed by atoms with Crippen molar-refractivity contribution in [2.75, 3.05) is 6.54 Å². The molecule has 100 valence electrons. The molecule has 0 aliphatic carbocycles. The van der Waals surface area contributed by atoms with Gasteiger partial charge >= 0.3 is 0 Å². The largest absolute Gasteiger partial charge is 0.313 e. The first-order chi connectivity index (χ1) is 9.11. The van der Waals surface area contributed by atoms with Crippen LogP contribution in [-0.2, 0) is 6.54 Å². The fourth-order valence-corrected chi connectivity index (χ4v) is 1.88. The lowest BCUT2D eigenvalue weighted by atomic mass is 10.0. The van der Waals surface area contributed by atoms with Crippen LogP contribution in [0.15, 0.2) is 30.6 Å². The van der Waals surface area contributed by atoms with Gasteiger partial charge in [0.05, 0.1) is 0 Å². The lowest BCUT2D eigenvalue weighted by molar-refractivity contribution is 0.579. The molecule has 19 heavy (non-hydrogen) atoms. The van der Waals surface area contributed by atoms with Crippen LogP contribution < -0.4 is 5.32 Å². The highest BCUT2D eigenvalue weighted by Gasteiger charge is 2.10. The van der Waals surface area contributed by atoms with Crippen molar-refractivity contribution in [1.82, 2.24) is 10.3 Å². The monoisotopic (exact) mass is 262 g/mol. The second kappa shape index (κ2) is 5.89. The van der Waals surface area contributed by atoms with Crippen molar-refractivity contribution in [2.45, 2.75) is 20.4 Å². The van der Waals surface area contributed by atoms with E-state index in [0.29, 0.717) is 23.2 Å². The van der Waals surface area contributed by atoms with E-state index >= 15 is 0 Å². The number of hydrogen-bond acceptors (Lipinski definition) is 2. The van der Waals surface area contributed by atoms with Crippen molar-refractivity contribution in [3.63, 3.8) is 0 Å². The fourth-order valence-electron chi connectivity index (χ4n) is 1.88. The Morgan fingerprint density at radius 3 is 2.63 bits per heavy atom. The van der Waals surface area contributed by atoms with Crippen LogP contribution in [-0.4, -0.2) is 11.5 Å². The molecule has 0 saturated heterocycles. The molecule has 0 atom stereocenters. The standard InChI is InChI=1S/C15H16F2N2/c1-3-18-7-11-5-12(9-19-8-11)13-4-10(2)14(16)6-15(13)17/h4-6,8-9,18H,3,7H2,1-2H3. The molecule has 2 rings (SSSR count). The quantitative estimate of drug-likeness (QED) is 0.913. The van der Waals surface area contributed by atoms with Gasteiger partial charge in [0.15, 0.2) is 0 Å². The van der Waals surface area contributed by atoms with Crippen LogP contribution in [0.3, 0.4) is 0 Å². The SMILES string of the molecule is CCNCc1cncc(-c2cc(C)c(F)cc2F)c1. The Morgan fingerprint density at radius 2 is 1.89 bits per heavy atom. The van der Waals surface area contributed by atoms with Crippen molar-refractivity contribution in [1.29, 1.82) is 0 Å². The summed E-state index contributed by atoms with van der Waals surface area (Å²) in [4.78, 5) is 4.11. The molecule has 0 aliphatic heterocycles. The molecule has 0 radical (unpaired) electrons. The van der Waals surface area contributed by atoms with Crippen LogP contribution in [0.1, 0.15) is 18.1 Å². The van der Waals surface area contributed by atoms with Gasteiger partial charge in [0.2, 0.25) is 0 Å². The lowest BCUT2D eigenvalue weighted by Crippen LogP contribution is -2.11. The molecular formula is C15H16F2N2. The predicted molar refractivity (Wildman–Crippen MR) is 71.7 cm³/mol. The summed E-state index contributed by atoms with van der Waals surface area (Å²) in [5.41, 5.74) is 2.44. The first kappa shape index (κ1) is 13.6. The Labute approximate surface area is 111 Å². The van der Waals surface area contributed by atoms with Crippen molar-refractivity contribution >= 4 is 0 Å². The van der Waals surface area contributed by atoms with Gasteiger partial charge in [-0.3, -0.25) is 4.98 Å². The topological polar surface area (TPSA) is 24.9 Å². The molecule has 2 nitrogen and oxygen atoms in total. The van der Waals surface area contributed by atoms with Crippen molar-refractivity contribution in [2.24, 2.45) is 0 Å². The van der Waals surface area contributed by atoms with Gasteiger partial charge in [0, 0.05) is 36.1 Å². The van der Waals surface area contributed by atoms with Gasteiger partial charge < -0.3 is 5.32 Å². The molecule has 0 fully saturated rings. The van der Waals surface area contributed by atoms with Gasteiger partial charge in [-0.05, 0) is 36.7 Å². The van der Waals surface area contributed by atoms with E-state index in [-0.39, 0.29) is 0 Å². The summed E-state index contributed by atoms with van der Waals surface area (Å²) in [7, 11) is 0. The van der Waals surface area contributed by atoms with E-state index in [1.54, 1.807) is 19.3 Å². The highest BCUT2D eigenvalue weighted by molar-refractivity contribution is 5.64. The Balaban J connectivity index is 2.38. The Kier molecular flexibility index (Phi) is 4.22. The Hall–Kier alpha value is -1.81. The molecule has 4 heteroatoms. The number of nitrogens with zero attached hydrogens (tertiary/aromatic N) is 1. The zero-order valence-electron chi connectivity index (χ0n) is 11.0. The van der Waals surface area contributed by atoms with E-state index in [1.807, 2.05) is 13.0 Å². The molecule has 0 aliphatic rings. The summed E-state index contributed by atoms with van der Waals surface area (Å²) in [6.07, 6.45) is 3.33. The molecule has 1 aromatic heterocycles. The minimum Gasteiger partial charge on any atom is -0.313 e. The average Bonchev–Trinajstić information content (AvgIpc) is 2.41. The maximum atomic E-state index is 13.8. The van der Waals surface area contributed by atoms with Gasteiger partial charge in [-0.2, -0.15) is 0 Å². The molecule has 0 amide bonds. The van der Waals surface area contributed by atoms with Crippen LogP contribution >= 0.6 is 0 Å². The van der Waals surface area contributed by atoms with E-state index < -0.39 is 11.6 Å². The third-order valence-corrected chi connectivity index (χ3v) is 2.93. The number of halogens is 2. The third-order valence-electron chi connectivity index (χ3n) is 2.93. The molecule has 0 spiro atoms. The van der Waals surface area contributed by atoms with Crippen LogP contribution in [0, 0.1) is 18.6 Å². The van der Waals surface area contributed by atoms with Gasteiger partial charge in [-0.1, -0.05) is 6.92 Å². The molecular weight excluding hydrogens is 246 g/mol. The highest BCUT2D eigenvalue weighted by Crippen LogP contribution is 2.25. The lowest BCUT2D eigenvalue weighted by Gasteiger charge is -2.08. The molecule has 1 N–H and O–H groups in total. The first-order valence-corrected chi connectivity index (χ1v) is 6.22. The highest BCUT2D eigenvalue weighted by atomic mass is 19.1. The van der Waals surface area contributed by atoms with Crippen LogP contribution in [0.25, 0.3) is 11.1 Å². The van der Waals surface area contributed by atoms with E-state index in [1.165, 1.54) is 6.07 Å². The number of aryl methyl sites for hydroxylation is 1. The maximum Gasteiger partial charge on any atom is 0.134 e. The van der Waals surface area contributed by atoms with Gasteiger partial charge in [-0.25, -0.2) is 8.78 Å². The minimum atomic E-state index is -0.564. The van der Waals surface area contributed by atoms with Crippen molar-refractivity contribution < 1.29 is 8.78 Å². The van der Waals surface area contributed by atoms with E-state index in [4.69, 9.17) is 0 Å². The van der Waals surface area contributed by atoms with E-state index in [0.717, 1.165) is 18.2 Å². The summed E-state index contributed by atoms with van der Waals surface area (Å²) >= 11 is 0. The summed E-state index contributed by atoms with van der Waals surface area (Å²) in [5, 5.41) is 3.18. The molecule has 1 aromatic carbocycles. The second-order valence-electron chi connectivity index (χ2n) is 4.44. The Bertz CT molecular complexity index is 582. The van der Waals surface area contributed by atoms with Crippen LogP contribution in [0.5, 0.6) is 0 Å². The van der Waals surface area contributed by atoms with Gasteiger partial charge in [0.1, 0.15) is 11.6 Å². The first-order valence-electron chi connectivity index (χ1n) is 6.22. The molecule has 0 saturated carbocycles. The van der Waals surface area contributed by atoms with E-state index in [9.17, 15) is 8.78 Å². The fraction of sp³-hybridized carbons (Fsp3) is 0.267. The number of aromatic nitrogens is 1. The van der Waals surface area contributed by atoms with Crippen LogP contribution in [0.2, 0.25) is 0 Å².